The third-order valence-corrected chi connectivity index (χ3v) is 1.02. The summed E-state index contributed by atoms with van der Waals surface area (Å²) in [5.41, 5.74) is 0. The highest BCUT2D eigenvalue weighted by Gasteiger charge is 1.83. The molecule has 2 heteroatoms. The van der Waals surface area contributed by atoms with Crippen molar-refractivity contribution in [2.24, 2.45) is 0 Å². The number of aliphatic hydroxyl groups is 1. The zero-order valence-corrected chi connectivity index (χ0v) is 6.17. The van der Waals surface area contributed by atoms with E-state index in [9.17, 15) is 0 Å². The quantitative estimate of drug-likeness (QED) is 0.558. The lowest BCUT2D eigenvalue weighted by atomic mass is 10.3. The summed E-state index contributed by atoms with van der Waals surface area (Å²) in [6, 6.07) is 0. The molecule has 0 heterocycles. The molecule has 0 aliphatic heterocycles. The topological polar surface area (TPSA) is 23.5 Å². The van der Waals surface area contributed by atoms with Crippen LogP contribution in [0.25, 0.3) is 0 Å². The Kier molecular flexibility index (Phi) is 5.57. The maximum Gasteiger partial charge on any atom is 0.0612 e. The Morgan fingerprint density at radius 3 is 2.44 bits per heavy atom. The fourth-order valence-electron chi connectivity index (χ4n) is 0.525. The monoisotopic (exact) mass is 129 g/mol. The summed E-state index contributed by atoms with van der Waals surface area (Å²) in [5.74, 6) is 0. The molecule has 0 unspecified atom stereocenters. The highest BCUT2D eigenvalue weighted by Crippen LogP contribution is 1.84. The predicted molar refractivity (Wildman–Crippen MR) is 39.4 cm³/mol. The number of aliphatic hydroxyl groups excluding tert-OH is 1. The van der Waals surface area contributed by atoms with E-state index in [4.69, 9.17) is 5.11 Å². The predicted octanol–water partition coefficient (Wildman–Crippen LogP) is 0.487. The number of nitrogens with zero attached hydrogens (tertiary/aromatic N) is 1. The van der Waals surface area contributed by atoms with Crippen molar-refractivity contribution in [2.75, 3.05) is 27.2 Å². The van der Waals surface area contributed by atoms with Gasteiger partial charge in [0, 0.05) is 6.54 Å². The van der Waals surface area contributed by atoms with Crippen LogP contribution in [0.3, 0.4) is 0 Å². The van der Waals surface area contributed by atoms with Crippen molar-refractivity contribution < 1.29 is 5.11 Å². The lowest BCUT2D eigenvalue weighted by Crippen LogP contribution is -2.11. The van der Waals surface area contributed by atoms with E-state index in [-0.39, 0.29) is 6.61 Å². The Morgan fingerprint density at radius 1 is 1.33 bits per heavy atom. The summed E-state index contributed by atoms with van der Waals surface area (Å²) in [6.07, 6.45) is 4.77. The van der Waals surface area contributed by atoms with Crippen molar-refractivity contribution >= 4 is 0 Å². The van der Waals surface area contributed by atoms with E-state index in [1.165, 1.54) is 0 Å². The second-order valence-corrected chi connectivity index (χ2v) is 2.25. The maximum atomic E-state index is 8.33. The van der Waals surface area contributed by atoms with Gasteiger partial charge in [0.1, 0.15) is 0 Å². The molecule has 0 saturated heterocycles. The Labute approximate surface area is 56.8 Å². The molecule has 1 N–H and O–H groups in total. The van der Waals surface area contributed by atoms with Gasteiger partial charge >= 0.3 is 0 Å². The average Bonchev–Trinajstić information content (AvgIpc) is 1.80. The summed E-state index contributed by atoms with van der Waals surface area (Å²) in [5, 5.41) is 8.33. The van der Waals surface area contributed by atoms with E-state index in [1.54, 1.807) is 6.08 Å². The van der Waals surface area contributed by atoms with Crippen molar-refractivity contribution in [3.8, 4) is 0 Å². The van der Waals surface area contributed by atoms with Crippen LogP contribution in [-0.2, 0) is 0 Å². The smallest absolute Gasteiger partial charge is 0.0612 e. The van der Waals surface area contributed by atoms with Crippen LogP contribution in [0, 0.1) is 0 Å². The van der Waals surface area contributed by atoms with Crippen LogP contribution in [0.2, 0.25) is 0 Å². The summed E-state index contributed by atoms with van der Waals surface area (Å²) in [6.45, 7) is 1.21. The first-order chi connectivity index (χ1) is 4.27. The van der Waals surface area contributed by atoms with Crippen molar-refractivity contribution in [3.63, 3.8) is 0 Å². The first-order valence-corrected chi connectivity index (χ1v) is 3.18. The second-order valence-electron chi connectivity index (χ2n) is 2.25. The van der Waals surface area contributed by atoms with Gasteiger partial charge in [-0.1, -0.05) is 12.2 Å². The molecule has 2 nitrogen and oxygen atoms in total. The Morgan fingerprint density at radius 2 is 2.00 bits per heavy atom. The van der Waals surface area contributed by atoms with E-state index < -0.39 is 0 Å². The van der Waals surface area contributed by atoms with E-state index >= 15 is 0 Å². The zero-order chi connectivity index (χ0) is 7.11. The van der Waals surface area contributed by atoms with Gasteiger partial charge < -0.3 is 10.0 Å². The Balaban J connectivity index is 2.99. The first kappa shape index (κ1) is 8.66. The van der Waals surface area contributed by atoms with Gasteiger partial charge in [-0.15, -0.1) is 0 Å². The first-order valence-electron chi connectivity index (χ1n) is 3.18. The Hall–Kier alpha value is -0.340. The molecule has 0 saturated carbocycles. The third kappa shape index (κ3) is 7.66. The minimum atomic E-state index is 0.160. The maximum absolute atomic E-state index is 8.33. The van der Waals surface area contributed by atoms with Crippen LogP contribution in [0.15, 0.2) is 12.2 Å². The zero-order valence-electron chi connectivity index (χ0n) is 6.17. The molecule has 54 valence electrons. The lowest BCUT2D eigenvalue weighted by molar-refractivity contribution is 0.342. The molecule has 0 amide bonds. The highest BCUT2D eigenvalue weighted by molar-refractivity contribution is 4.80. The molecule has 0 radical (unpaired) electrons. The van der Waals surface area contributed by atoms with Gasteiger partial charge in [-0.05, 0) is 20.5 Å². The molecule has 0 atom stereocenters. The van der Waals surface area contributed by atoms with Gasteiger partial charge in [0.05, 0.1) is 6.61 Å². The van der Waals surface area contributed by atoms with Crippen LogP contribution in [0.5, 0.6) is 0 Å². The summed E-state index contributed by atoms with van der Waals surface area (Å²) in [7, 11) is 4.07. The van der Waals surface area contributed by atoms with Gasteiger partial charge in [-0.25, -0.2) is 0 Å². The standard InChI is InChI=1S/C7H15NO/c1-8(2)6-4-3-5-7-9/h3,5,9H,4,6-7H2,1-2H3/b5-3-. The molecule has 0 aromatic heterocycles. The van der Waals surface area contributed by atoms with Gasteiger partial charge in [0.15, 0.2) is 0 Å². The molecule has 0 spiro atoms. The van der Waals surface area contributed by atoms with Crippen molar-refractivity contribution in [2.45, 2.75) is 6.42 Å². The molecule has 9 heavy (non-hydrogen) atoms. The van der Waals surface area contributed by atoms with Crippen LogP contribution in [0.1, 0.15) is 6.42 Å². The molecular weight excluding hydrogens is 114 g/mol. The number of rotatable bonds is 4. The lowest BCUT2D eigenvalue weighted by Gasteiger charge is -2.05. The van der Waals surface area contributed by atoms with Crippen molar-refractivity contribution in [3.05, 3.63) is 12.2 Å². The highest BCUT2D eigenvalue weighted by atomic mass is 16.2. The molecule has 0 fully saturated rings. The molecule has 0 rings (SSSR count). The third-order valence-electron chi connectivity index (χ3n) is 1.02. The van der Waals surface area contributed by atoms with E-state index in [1.807, 2.05) is 20.2 Å². The Bertz CT molecular complexity index is 79.0. The fraction of sp³-hybridized carbons (Fsp3) is 0.714. The summed E-state index contributed by atoms with van der Waals surface area (Å²) >= 11 is 0. The molecule has 0 bridgehead atoms. The molecule has 0 aliphatic carbocycles. The SMILES string of the molecule is CN(C)CC/C=C\CO. The van der Waals surface area contributed by atoms with Crippen molar-refractivity contribution in [1.82, 2.24) is 4.90 Å². The normalized spacial score (nSPS) is 11.6. The van der Waals surface area contributed by atoms with Crippen LogP contribution >= 0.6 is 0 Å². The van der Waals surface area contributed by atoms with Crippen molar-refractivity contribution in [1.29, 1.82) is 0 Å². The molecule has 0 aromatic rings. The largest absolute Gasteiger partial charge is 0.392 e. The van der Waals surface area contributed by atoms with Crippen LogP contribution in [0.4, 0.5) is 0 Å². The number of hydrogen-bond acceptors (Lipinski definition) is 2. The van der Waals surface area contributed by atoms with Gasteiger partial charge in [-0.3, -0.25) is 0 Å². The molecule has 0 aliphatic rings. The van der Waals surface area contributed by atoms with Crippen LogP contribution in [-0.4, -0.2) is 37.3 Å². The minimum absolute atomic E-state index is 0.160. The van der Waals surface area contributed by atoms with Gasteiger partial charge in [0.25, 0.3) is 0 Å². The number of hydrogen-bond donors (Lipinski definition) is 1. The molecular formula is C7H15NO. The fourth-order valence-corrected chi connectivity index (χ4v) is 0.525. The van der Waals surface area contributed by atoms with Gasteiger partial charge in [0.2, 0.25) is 0 Å². The van der Waals surface area contributed by atoms with E-state index in [0.29, 0.717) is 0 Å². The second kappa shape index (κ2) is 5.79. The van der Waals surface area contributed by atoms with Gasteiger partial charge in [-0.2, -0.15) is 0 Å². The minimum Gasteiger partial charge on any atom is -0.392 e. The van der Waals surface area contributed by atoms with E-state index in [0.717, 1.165) is 13.0 Å². The van der Waals surface area contributed by atoms with Crippen LogP contribution < -0.4 is 0 Å². The summed E-state index contributed by atoms with van der Waals surface area (Å²) < 4.78 is 0. The summed E-state index contributed by atoms with van der Waals surface area (Å²) in [4.78, 5) is 2.11. The molecule has 0 aromatic carbocycles. The van der Waals surface area contributed by atoms with E-state index in [2.05, 4.69) is 4.90 Å². The average molecular weight is 129 g/mol.